The second-order valence-corrected chi connectivity index (χ2v) is 4.64. The zero-order chi connectivity index (χ0) is 12.7. The minimum atomic E-state index is 0.403. The van der Waals surface area contributed by atoms with E-state index in [1.165, 1.54) is 5.56 Å². The van der Waals surface area contributed by atoms with Crippen LogP contribution >= 0.6 is 0 Å². The molecule has 3 N–H and O–H groups in total. The third-order valence-electron chi connectivity index (χ3n) is 3.01. The maximum atomic E-state index is 5.72. The van der Waals surface area contributed by atoms with Gasteiger partial charge in [0.1, 0.15) is 5.75 Å². The molecule has 0 saturated heterocycles. The van der Waals surface area contributed by atoms with Crippen LogP contribution in [0.1, 0.15) is 19.4 Å². The van der Waals surface area contributed by atoms with Gasteiger partial charge in [0.15, 0.2) is 0 Å². The minimum absolute atomic E-state index is 0.403. The second-order valence-electron chi connectivity index (χ2n) is 4.64. The average molecular weight is 236 g/mol. The summed E-state index contributed by atoms with van der Waals surface area (Å²) in [6.07, 6.45) is 1.00. The molecule has 1 unspecified atom stereocenters. The molecule has 0 spiro atoms. The first-order valence-corrected chi connectivity index (χ1v) is 6.23. The molecule has 1 aromatic rings. The zero-order valence-corrected chi connectivity index (χ0v) is 11.1. The highest BCUT2D eigenvalue weighted by molar-refractivity contribution is 5.28. The highest BCUT2D eigenvalue weighted by Gasteiger charge is 2.09. The molecule has 3 heteroatoms. The summed E-state index contributed by atoms with van der Waals surface area (Å²) in [4.78, 5) is 0. The van der Waals surface area contributed by atoms with Crippen molar-refractivity contribution >= 4 is 0 Å². The van der Waals surface area contributed by atoms with Gasteiger partial charge in [-0.25, -0.2) is 0 Å². The predicted molar refractivity (Wildman–Crippen MR) is 72.4 cm³/mol. The lowest BCUT2D eigenvalue weighted by Crippen LogP contribution is -2.41. The molecule has 0 radical (unpaired) electrons. The Morgan fingerprint density at radius 3 is 2.71 bits per heavy atom. The van der Waals surface area contributed by atoms with Gasteiger partial charge in [0.2, 0.25) is 0 Å². The topological polar surface area (TPSA) is 47.3 Å². The van der Waals surface area contributed by atoms with Crippen LogP contribution in [0.15, 0.2) is 24.3 Å². The van der Waals surface area contributed by atoms with Crippen molar-refractivity contribution in [1.29, 1.82) is 0 Å². The van der Waals surface area contributed by atoms with Crippen molar-refractivity contribution in [2.45, 2.75) is 26.3 Å². The van der Waals surface area contributed by atoms with Gasteiger partial charge in [-0.2, -0.15) is 0 Å². The van der Waals surface area contributed by atoms with Gasteiger partial charge in [0, 0.05) is 12.6 Å². The summed E-state index contributed by atoms with van der Waals surface area (Å²) in [5, 5.41) is 3.49. The average Bonchev–Trinajstić information content (AvgIpc) is 2.34. The molecule has 1 rings (SSSR count). The van der Waals surface area contributed by atoms with Gasteiger partial charge < -0.3 is 15.8 Å². The van der Waals surface area contributed by atoms with E-state index in [1.54, 1.807) is 7.11 Å². The standard InChI is InChI=1S/C14H24N2O/c1-11(2)14(10-15)16-8-7-12-5-4-6-13(9-12)17-3/h4-6,9,11,14,16H,7-8,10,15H2,1-3H3. The van der Waals surface area contributed by atoms with E-state index in [0.29, 0.717) is 18.5 Å². The molecule has 0 saturated carbocycles. The summed E-state index contributed by atoms with van der Waals surface area (Å²) < 4.78 is 5.20. The maximum absolute atomic E-state index is 5.72. The van der Waals surface area contributed by atoms with Gasteiger partial charge in [0.05, 0.1) is 7.11 Å². The molecule has 0 aliphatic rings. The quantitative estimate of drug-likeness (QED) is 0.759. The van der Waals surface area contributed by atoms with Gasteiger partial charge in [-0.3, -0.25) is 0 Å². The van der Waals surface area contributed by atoms with Crippen LogP contribution in [0.2, 0.25) is 0 Å². The Bertz CT molecular complexity index is 326. The first kappa shape index (κ1) is 14.0. The number of rotatable bonds is 7. The summed E-state index contributed by atoms with van der Waals surface area (Å²) in [7, 11) is 1.70. The Morgan fingerprint density at radius 1 is 1.35 bits per heavy atom. The molecule has 96 valence electrons. The number of nitrogens with one attached hydrogen (secondary N) is 1. The largest absolute Gasteiger partial charge is 0.497 e. The highest BCUT2D eigenvalue weighted by atomic mass is 16.5. The fraction of sp³-hybridized carbons (Fsp3) is 0.571. The van der Waals surface area contributed by atoms with Crippen LogP contribution < -0.4 is 15.8 Å². The second kappa shape index (κ2) is 7.30. The van der Waals surface area contributed by atoms with Crippen molar-refractivity contribution in [1.82, 2.24) is 5.32 Å². The van der Waals surface area contributed by atoms with Crippen molar-refractivity contribution in [2.75, 3.05) is 20.2 Å². The molecular weight excluding hydrogens is 212 g/mol. The lowest BCUT2D eigenvalue weighted by Gasteiger charge is -2.20. The normalized spacial score (nSPS) is 12.8. The van der Waals surface area contributed by atoms with Crippen molar-refractivity contribution < 1.29 is 4.74 Å². The van der Waals surface area contributed by atoms with Crippen molar-refractivity contribution in [3.63, 3.8) is 0 Å². The molecule has 0 bridgehead atoms. The Kier molecular flexibility index (Phi) is 6.01. The lowest BCUT2D eigenvalue weighted by atomic mass is 10.0. The van der Waals surface area contributed by atoms with Crippen molar-refractivity contribution in [2.24, 2.45) is 11.7 Å². The number of benzene rings is 1. The maximum Gasteiger partial charge on any atom is 0.119 e. The van der Waals surface area contributed by atoms with E-state index in [9.17, 15) is 0 Å². The van der Waals surface area contributed by atoms with E-state index in [4.69, 9.17) is 10.5 Å². The van der Waals surface area contributed by atoms with E-state index in [1.807, 2.05) is 12.1 Å². The molecule has 0 aliphatic carbocycles. The molecule has 17 heavy (non-hydrogen) atoms. The first-order chi connectivity index (χ1) is 8.17. The lowest BCUT2D eigenvalue weighted by molar-refractivity contribution is 0.407. The molecule has 0 amide bonds. The molecule has 1 atom stereocenters. The van der Waals surface area contributed by atoms with Crippen LogP contribution in [-0.2, 0) is 6.42 Å². The Labute approximate surface area is 104 Å². The number of nitrogens with two attached hydrogens (primary N) is 1. The minimum Gasteiger partial charge on any atom is -0.497 e. The van der Waals surface area contributed by atoms with E-state index < -0.39 is 0 Å². The predicted octanol–water partition coefficient (Wildman–Crippen LogP) is 1.81. The smallest absolute Gasteiger partial charge is 0.119 e. The van der Waals surface area contributed by atoms with Gasteiger partial charge in [-0.1, -0.05) is 26.0 Å². The Hall–Kier alpha value is -1.06. The van der Waals surface area contributed by atoms with Crippen LogP contribution in [0.3, 0.4) is 0 Å². The molecule has 1 aromatic carbocycles. The van der Waals surface area contributed by atoms with Crippen LogP contribution in [0.4, 0.5) is 0 Å². The first-order valence-electron chi connectivity index (χ1n) is 6.23. The van der Waals surface area contributed by atoms with E-state index in [2.05, 4.69) is 31.3 Å². The monoisotopic (exact) mass is 236 g/mol. The number of methoxy groups -OCH3 is 1. The fourth-order valence-electron chi connectivity index (χ4n) is 1.82. The molecular formula is C14H24N2O. The van der Waals surface area contributed by atoms with Crippen LogP contribution in [0.5, 0.6) is 5.75 Å². The Balaban J connectivity index is 2.39. The van der Waals surface area contributed by atoms with E-state index in [0.717, 1.165) is 18.7 Å². The van der Waals surface area contributed by atoms with Crippen LogP contribution in [0.25, 0.3) is 0 Å². The third-order valence-corrected chi connectivity index (χ3v) is 3.01. The summed E-state index contributed by atoms with van der Waals surface area (Å²) in [5.74, 6) is 1.49. The Morgan fingerprint density at radius 2 is 2.12 bits per heavy atom. The van der Waals surface area contributed by atoms with Crippen LogP contribution in [0, 0.1) is 5.92 Å². The van der Waals surface area contributed by atoms with Gasteiger partial charge in [-0.05, 0) is 36.6 Å². The molecule has 3 nitrogen and oxygen atoms in total. The molecule has 0 heterocycles. The fourth-order valence-corrected chi connectivity index (χ4v) is 1.82. The summed E-state index contributed by atoms with van der Waals surface area (Å²) >= 11 is 0. The molecule has 0 aliphatic heterocycles. The zero-order valence-electron chi connectivity index (χ0n) is 11.1. The summed E-state index contributed by atoms with van der Waals surface area (Å²) in [5.41, 5.74) is 7.00. The van der Waals surface area contributed by atoms with E-state index >= 15 is 0 Å². The third kappa shape index (κ3) is 4.75. The van der Waals surface area contributed by atoms with Crippen LogP contribution in [-0.4, -0.2) is 26.2 Å². The van der Waals surface area contributed by atoms with Gasteiger partial charge in [0.25, 0.3) is 0 Å². The highest BCUT2D eigenvalue weighted by Crippen LogP contribution is 2.12. The summed E-state index contributed by atoms with van der Waals surface area (Å²) in [6.45, 7) is 6.02. The van der Waals surface area contributed by atoms with E-state index in [-0.39, 0.29) is 0 Å². The van der Waals surface area contributed by atoms with Crippen molar-refractivity contribution in [3.8, 4) is 5.75 Å². The molecule has 0 aromatic heterocycles. The van der Waals surface area contributed by atoms with Crippen molar-refractivity contribution in [3.05, 3.63) is 29.8 Å². The van der Waals surface area contributed by atoms with Gasteiger partial charge >= 0.3 is 0 Å². The number of hydrogen-bond acceptors (Lipinski definition) is 3. The van der Waals surface area contributed by atoms with Gasteiger partial charge in [-0.15, -0.1) is 0 Å². The molecule has 0 fully saturated rings. The summed E-state index contributed by atoms with van der Waals surface area (Å²) in [6, 6.07) is 8.59. The number of hydrogen-bond donors (Lipinski definition) is 2. The SMILES string of the molecule is COc1cccc(CCNC(CN)C(C)C)c1. The number of ether oxygens (including phenoxy) is 1.